The molecule has 0 aromatic heterocycles. The van der Waals surface area contributed by atoms with Crippen LogP contribution in [0.25, 0.3) is 0 Å². The van der Waals surface area contributed by atoms with Gasteiger partial charge >= 0.3 is 18.2 Å². The number of nitrogens with zero attached hydrogens (tertiary/aromatic N) is 2. The molecule has 2 unspecified atom stereocenters. The van der Waals surface area contributed by atoms with Crippen LogP contribution in [0.1, 0.15) is 94.1 Å². The van der Waals surface area contributed by atoms with Gasteiger partial charge in [-0.2, -0.15) is 0 Å². The monoisotopic (exact) mass is 654 g/mol. The minimum Gasteiger partial charge on any atom is -0.497 e. The minimum atomic E-state index is -3.54. The van der Waals surface area contributed by atoms with E-state index in [1.54, 1.807) is 76.3 Å². The van der Waals surface area contributed by atoms with Gasteiger partial charge in [-0.25, -0.2) is 14.5 Å². The maximum Gasteiger partial charge on any atom is 0.419 e. The highest BCUT2D eigenvalue weighted by molar-refractivity contribution is 7.62. The molecule has 1 saturated heterocycles. The predicted molar refractivity (Wildman–Crippen MR) is 174 cm³/mol. The van der Waals surface area contributed by atoms with Crippen LogP contribution >= 0.6 is 7.37 Å². The van der Waals surface area contributed by atoms with Gasteiger partial charge in [0.1, 0.15) is 22.6 Å². The van der Waals surface area contributed by atoms with E-state index in [9.17, 15) is 18.9 Å². The van der Waals surface area contributed by atoms with E-state index in [-0.39, 0.29) is 32.3 Å². The summed E-state index contributed by atoms with van der Waals surface area (Å²) in [6, 6.07) is 7.69. The Morgan fingerprint density at radius 3 is 1.87 bits per heavy atom. The van der Waals surface area contributed by atoms with Crippen molar-refractivity contribution in [3.63, 3.8) is 0 Å². The smallest absolute Gasteiger partial charge is 0.419 e. The molecule has 12 heteroatoms. The van der Waals surface area contributed by atoms with Gasteiger partial charge in [0.25, 0.3) is 0 Å². The molecule has 2 rings (SSSR count). The van der Waals surface area contributed by atoms with Gasteiger partial charge in [-0.05, 0) is 106 Å². The molecular weight excluding hydrogens is 599 g/mol. The molecule has 11 nitrogen and oxygen atoms in total. The highest BCUT2D eigenvalue weighted by Crippen LogP contribution is 2.64. The van der Waals surface area contributed by atoms with Gasteiger partial charge in [0.05, 0.1) is 13.7 Å². The lowest BCUT2D eigenvalue weighted by Gasteiger charge is -2.46. The maximum absolute atomic E-state index is 14.6. The average Bonchev–Trinajstić information content (AvgIpc) is 2.87. The van der Waals surface area contributed by atoms with E-state index in [0.29, 0.717) is 25.9 Å². The second-order valence-electron chi connectivity index (χ2n) is 14.5. The lowest BCUT2D eigenvalue weighted by Crippen LogP contribution is -2.56. The zero-order valence-corrected chi connectivity index (χ0v) is 30.1. The van der Waals surface area contributed by atoms with Crippen LogP contribution in [0, 0.1) is 0 Å². The Kier molecular flexibility index (Phi) is 13.1. The quantitative estimate of drug-likeness (QED) is 0.104. The van der Waals surface area contributed by atoms with Crippen molar-refractivity contribution in [3.05, 3.63) is 29.8 Å². The van der Waals surface area contributed by atoms with Crippen LogP contribution in [0.15, 0.2) is 24.3 Å². The van der Waals surface area contributed by atoms with Crippen LogP contribution in [0.5, 0.6) is 5.75 Å². The van der Waals surface area contributed by atoms with Crippen LogP contribution in [0.2, 0.25) is 0 Å². The molecule has 1 aromatic carbocycles. The zero-order chi connectivity index (χ0) is 34.3. The fraction of sp³-hybridized carbons (Fsp3) is 0.727. The number of unbranched alkanes of at least 4 members (excludes halogenated alkanes) is 1. The maximum atomic E-state index is 14.6. The van der Waals surface area contributed by atoms with Gasteiger partial charge in [-0.1, -0.05) is 12.1 Å². The Labute approximate surface area is 269 Å². The molecule has 45 heavy (non-hydrogen) atoms. The summed E-state index contributed by atoms with van der Waals surface area (Å²) in [4.78, 5) is 43.1. The predicted octanol–water partition coefficient (Wildman–Crippen LogP) is 7.25. The summed E-state index contributed by atoms with van der Waals surface area (Å²) < 4.78 is 42.8. The second-order valence-corrected chi connectivity index (χ2v) is 17.4. The molecule has 0 spiro atoms. The SMILES string of the molecule is CCOP1(=O)CCN(Cc2ccc(OC)cc2)CC1(CCCCN(C(=O)OC(C)(C)C)C(=O)OC(C)(C)C)C(=O)OC(C)(C)C. The normalized spacial score (nSPS) is 21.1. The molecule has 1 fully saturated rings. The number of hydrogen-bond acceptors (Lipinski definition) is 10. The van der Waals surface area contributed by atoms with E-state index in [2.05, 4.69) is 4.90 Å². The van der Waals surface area contributed by atoms with E-state index in [0.717, 1.165) is 16.2 Å². The molecule has 1 aliphatic heterocycles. The molecular formula is C33H55N2O9P. The fourth-order valence-corrected chi connectivity index (χ4v) is 8.08. The molecule has 2 amide bonds. The Hall–Kier alpha value is -2.62. The van der Waals surface area contributed by atoms with Gasteiger partial charge in [0, 0.05) is 32.3 Å². The summed E-state index contributed by atoms with van der Waals surface area (Å²) in [7, 11) is -1.93. The number of ether oxygens (including phenoxy) is 4. The summed E-state index contributed by atoms with van der Waals surface area (Å²) in [5, 5.41) is -1.44. The van der Waals surface area contributed by atoms with E-state index < -0.39 is 47.5 Å². The van der Waals surface area contributed by atoms with Crippen LogP contribution in [0.3, 0.4) is 0 Å². The average molecular weight is 655 g/mol. The summed E-state index contributed by atoms with van der Waals surface area (Å²) in [5.74, 6) is 0.176. The molecule has 1 heterocycles. The molecule has 0 bridgehead atoms. The third-order valence-corrected chi connectivity index (χ3v) is 10.3. The van der Waals surface area contributed by atoms with E-state index in [1.807, 2.05) is 24.3 Å². The third-order valence-electron chi connectivity index (χ3n) is 6.98. The lowest BCUT2D eigenvalue weighted by atomic mass is 9.98. The van der Waals surface area contributed by atoms with Crippen LogP contribution in [-0.2, 0) is 34.6 Å². The van der Waals surface area contributed by atoms with Crippen LogP contribution in [-0.4, -0.2) is 89.4 Å². The molecule has 0 radical (unpaired) electrons. The number of esters is 1. The van der Waals surface area contributed by atoms with Gasteiger partial charge < -0.3 is 23.5 Å². The van der Waals surface area contributed by atoms with Gasteiger partial charge in [-0.15, -0.1) is 0 Å². The highest BCUT2D eigenvalue weighted by atomic mass is 31.2. The fourth-order valence-electron chi connectivity index (χ4n) is 5.07. The molecule has 0 aliphatic carbocycles. The number of methoxy groups -OCH3 is 1. The largest absolute Gasteiger partial charge is 0.497 e. The van der Waals surface area contributed by atoms with Crippen LogP contribution < -0.4 is 4.74 Å². The Balaban J connectivity index is 2.38. The number of carbonyl (C=O) groups is 3. The summed E-state index contributed by atoms with van der Waals surface area (Å²) in [6.07, 6.45) is -0.598. The second kappa shape index (κ2) is 15.3. The Bertz CT molecular complexity index is 1170. The summed E-state index contributed by atoms with van der Waals surface area (Å²) in [6.45, 7) is 18.8. The molecule has 256 valence electrons. The lowest BCUT2D eigenvalue weighted by molar-refractivity contribution is -0.160. The van der Waals surface area contributed by atoms with E-state index in [1.165, 1.54) is 0 Å². The van der Waals surface area contributed by atoms with Crippen molar-refractivity contribution in [2.24, 2.45) is 0 Å². The summed E-state index contributed by atoms with van der Waals surface area (Å²) >= 11 is 0. The van der Waals surface area contributed by atoms with Gasteiger partial charge in [-0.3, -0.25) is 14.3 Å². The topological polar surface area (TPSA) is 121 Å². The van der Waals surface area contributed by atoms with Crippen molar-refractivity contribution in [3.8, 4) is 5.75 Å². The van der Waals surface area contributed by atoms with Crippen molar-refractivity contribution in [2.75, 3.05) is 39.5 Å². The number of imide groups is 1. The minimum absolute atomic E-state index is 0.0112. The van der Waals surface area contributed by atoms with Crippen molar-refractivity contribution in [2.45, 2.75) is 117 Å². The van der Waals surface area contributed by atoms with E-state index in [4.69, 9.17) is 23.5 Å². The number of carbonyl (C=O) groups excluding carboxylic acids is 3. The summed E-state index contributed by atoms with van der Waals surface area (Å²) in [5.41, 5.74) is -1.44. The molecule has 2 atom stereocenters. The third kappa shape index (κ3) is 11.6. The Morgan fingerprint density at radius 2 is 1.40 bits per heavy atom. The Morgan fingerprint density at radius 1 is 0.867 bits per heavy atom. The first kappa shape index (κ1) is 38.6. The molecule has 0 saturated carbocycles. The van der Waals surface area contributed by atoms with E-state index >= 15 is 0 Å². The first-order chi connectivity index (χ1) is 20.6. The van der Waals surface area contributed by atoms with Gasteiger partial charge in [0.2, 0.25) is 7.37 Å². The number of hydrogen-bond donors (Lipinski definition) is 0. The molecule has 1 aromatic rings. The van der Waals surface area contributed by atoms with Crippen molar-refractivity contribution >= 4 is 25.5 Å². The van der Waals surface area contributed by atoms with Crippen molar-refractivity contribution < 1.29 is 42.4 Å². The first-order valence-electron chi connectivity index (χ1n) is 15.7. The number of rotatable bonds is 11. The number of amides is 2. The molecule has 1 aliphatic rings. The zero-order valence-electron chi connectivity index (χ0n) is 29.2. The highest BCUT2D eigenvalue weighted by Gasteiger charge is 2.59. The van der Waals surface area contributed by atoms with Crippen LogP contribution in [0.4, 0.5) is 9.59 Å². The van der Waals surface area contributed by atoms with Crippen molar-refractivity contribution in [1.82, 2.24) is 9.80 Å². The standard InChI is InChI=1S/C33H55N2O9P/c1-12-41-45(39)22-21-34(23-25-15-17-26(40-11)18-16-25)24-33(45,27(36)42-30(2,3)4)19-13-14-20-35(28(37)43-31(5,6)7)29(38)44-32(8,9)10/h15-18H,12-14,19-24H2,1-11H3. The molecule has 0 N–H and O–H groups in total. The van der Waals surface area contributed by atoms with Crippen molar-refractivity contribution in [1.29, 1.82) is 0 Å². The van der Waals surface area contributed by atoms with Gasteiger partial charge in [0.15, 0.2) is 5.16 Å². The number of benzene rings is 1. The first-order valence-corrected chi connectivity index (χ1v) is 17.5.